The van der Waals surface area contributed by atoms with Crippen LogP contribution in [-0.2, 0) is 18.8 Å². The predicted molar refractivity (Wildman–Crippen MR) is 106 cm³/mol. The summed E-state index contributed by atoms with van der Waals surface area (Å²) < 4.78 is 25.1. The van der Waals surface area contributed by atoms with Crippen LogP contribution in [0.4, 0.5) is 0 Å². The molecule has 0 radical (unpaired) electrons. The minimum absolute atomic E-state index is 0.605. The summed E-state index contributed by atoms with van der Waals surface area (Å²) in [5.74, 6) is 0. The van der Waals surface area contributed by atoms with E-state index in [2.05, 4.69) is 0 Å². The molecule has 0 spiro atoms. The van der Waals surface area contributed by atoms with Gasteiger partial charge in [0.1, 0.15) is 5.16 Å². The zero-order valence-corrected chi connectivity index (χ0v) is 16.3. The van der Waals surface area contributed by atoms with Crippen LogP contribution in [0.1, 0.15) is 16.7 Å². The molecular formula is C21H20ClO3P. The second-order valence-corrected chi connectivity index (χ2v) is 8.64. The first-order valence-electron chi connectivity index (χ1n) is 8.17. The Labute approximate surface area is 159 Å². The van der Waals surface area contributed by atoms with Gasteiger partial charge in [-0.3, -0.25) is 4.57 Å². The minimum atomic E-state index is -3.65. The zero-order valence-electron chi connectivity index (χ0n) is 14.6. The van der Waals surface area contributed by atoms with Crippen LogP contribution in [0.5, 0.6) is 0 Å². The van der Waals surface area contributed by atoms with Crippen molar-refractivity contribution in [2.45, 2.75) is 5.16 Å². The van der Waals surface area contributed by atoms with Crippen LogP contribution in [0.2, 0.25) is 5.02 Å². The van der Waals surface area contributed by atoms with E-state index in [0.29, 0.717) is 5.02 Å². The van der Waals surface area contributed by atoms with Crippen LogP contribution in [0.15, 0.2) is 84.9 Å². The van der Waals surface area contributed by atoms with Crippen molar-refractivity contribution in [2.24, 2.45) is 0 Å². The van der Waals surface area contributed by atoms with Crippen molar-refractivity contribution >= 4 is 19.2 Å². The minimum Gasteiger partial charge on any atom is -0.311 e. The normalized spacial score (nSPS) is 12.1. The molecule has 0 atom stereocenters. The summed E-state index contributed by atoms with van der Waals surface area (Å²) in [7, 11) is -0.811. The lowest BCUT2D eigenvalue weighted by atomic mass is 9.84. The van der Waals surface area contributed by atoms with Crippen molar-refractivity contribution < 1.29 is 13.6 Å². The summed E-state index contributed by atoms with van der Waals surface area (Å²) in [5, 5.41) is -0.516. The van der Waals surface area contributed by atoms with Gasteiger partial charge in [-0.15, -0.1) is 0 Å². The van der Waals surface area contributed by atoms with Gasteiger partial charge in [0.05, 0.1) is 0 Å². The van der Waals surface area contributed by atoms with E-state index in [9.17, 15) is 4.57 Å². The molecule has 3 rings (SSSR count). The smallest absolute Gasteiger partial charge is 0.311 e. The number of hydrogen-bond acceptors (Lipinski definition) is 3. The maximum atomic E-state index is 14.0. The third-order valence-electron chi connectivity index (χ3n) is 4.54. The van der Waals surface area contributed by atoms with Crippen molar-refractivity contribution in [1.82, 2.24) is 0 Å². The fourth-order valence-electron chi connectivity index (χ4n) is 3.37. The molecule has 3 nitrogen and oxygen atoms in total. The molecule has 0 N–H and O–H groups in total. The highest BCUT2D eigenvalue weighted by molar-refractivity contribution is 7.55. The topological polar surface area (TPSA) is 35.5 Å². The first kappa shape index (κ1) is 18.9. The molecule has 26 heavy (non-hydrogen) atoms. The molecule has 0 saturated heterocycles. The van der Waals surface area contributed by atoms with Crippen molar-refractivity contribution in [3.63, 3.8) is 0 Å². The standard InChI is InChI=1S/C21H20ClO3P/c1-24-26(23,25-2)21(17-9-5-3-6-10-17,18-11-7-4-8-12-18)19-13-15-20(22)16-14-19/h3-16H,1-2H3. The van der Waals surface area contributed by atoms with Gasteiger partial charge in [-0.25, -0.2) is 0 Å². The van der Waals surface area contributed by atoms with Gasteiger partial charge in [-0.2, -0.15) is 0 Å². The molecule has 134 valence electrons. The van der Waals surface area contributed by atoms with E-state index in [-0.39, 0.29) is 0 Å². The Hall–Kier alpha value is -1.90. The second kappa shape index (κ2) is 7.77. The number of hydrogen-bond donors (Lipinski definition) is 0. The van der Waals surface area contributed by atoms with E-state index in [1.54, 1.807) is 12.1 Å². The monoisotopic (exact) mass is 386 g/mol. The Morgan fingerprint density at radius 3 is 1.46 bits per heavy atom. The van der Waals surface area contributed by atoms with Crippen LogP contribution < -0.4 is 0 Å². The van der Waals surface area contributed by atoms with Crippen molar-refractivity contribution in [3.8, 4) is 0 Å². The molecule has 0 bridgehead atoms. The van der Waals surface area contributed by atoms with E-state index in [1.165, 1.54) is 14.2 Å². The van der Waals surface area contributed by atoms with Gasteiger partial charge >= 0.3 is 7.60 Å². The van der Waals surface area contributed by atoms with E-state index >= 15 is 0 Å². The Morgan fingerprint density at radius 2 is 1.08 bits per heavy atom. The highest BCUT2D eigenvalue weighted by atomic mass is 35.5. The fraction of sp³-hybridized carbons (Fsp3) is 0.143. The van der Waals surface area contributed by atoms with Gasteiger partial charge in [0, 0.05) is 19.2 Å². The molecule has 0 unspecified atom stereocenters. The lowest BCUT2D eigenvalue weighted by Gasteiger charge is -2.39. The fourth-order valence-corrected chi connectivity index (χ4v) is 5.59. The van der Waals surface area contributed by atoms with Gasteiger partial charge in [-0.1, -0.05) is 84.4 Å². The summed E-state index contributed by atoms with van der Waals surface area (Å²) in [5.41, 5.74) is 2.42. The summed E-state index contributed by atoms with van der Waals surface area (Å²) >= 11 is 6.10. The predicted octanol–water partition coefficient (Wildman–Crippen LogP) is 6.12. The van der Waals surface area contributed by atoms with Gasteiger partial charge in [-0.05, 0) is 28.8 Å². The van der Waals surface area contributed by atoms with Crippen molar-refractivity contribution in [1.29, 1.82) is 0 Å². The molecule has 0 saturated carbocycles. The van der Waals surface area contributed by atoms with Gasteiger partial charge < -0.3 is 9.05 Å². The van der Waals surface area contributed by atoms with Crippen LogP contribution in [0, 0.1) is 0 Å². The average molecular weight is 387 g/mol. The van der Waals surface area contributed by atoms with Crippen molar-refractivity contribution in [3.05, 3.63) is 107 Å². The summed E-state index contributed by atoms with van der Waals surface area (Å²) in [6.45, 7) is 0. The van der Waals surface area contributed by atoms with Gasteiger partial charge in [0.15, 0.2) is 0 Å². The molecule has 0 amide bonds. The molecule has 0 aliphatic carbocycles. The molecule has 0 fully saturated rings. The highest BCUT2D eigenvalue weighted by Gasteiger charge is 2.54. The first-order chi connectivity index (χ1) is 12.6. The van der Waals surface area contributed by atoms with Crippen LogP contribution >= 0.6 is 19.2 Å². The van der Waals surface area contributed by atoms with E-state index in [0.717, 1.165) is 16.7 Å². The second-order valence-electron chi connectivity index (χ2n) is 5.81. The largest absolute Gasteiger partial charge is 0.349 e. The van der Waals surface area contributed by atoms with Crippen LogP contribution in [0.3, 0.4) is 0 Å². The summed E-state index contributed by atoms with van der Waals surface area (Å²) in [4.78, 5) is 0. The molecule has 3 aromatic carbocycles. The van der Waals surface area contributed by atoms with Gasteiger partial charge in [0.25, 0.3) is 0 Å². The first-order valence-corrected chi connectivity index (χ1v) is 10.1. The van der Waals surface area contributed by atoms with Crippen LogP contribution in [0.25, 0.3) is 0 Å². The molecule has 0 aromatic heterocycles. The van der Waals surface area contributed by atoms with Crippen LogP contribution in [-0.4, -0.2) is 14.2 Å². The molecule has 0 aliphatic heterocycles. The summed E-state index contributed by atoms with van der Waals surface area (Å²) in [6, 6.07) is 26.6. The number of rotatable bonds is 6. The lowest BCUT2D eigenvalue weighted by Crippen LogP contribution is -2.30. The van der Waals surface area contributed by atoms with Gasteiger partial charge in [0.2, 0.25) is 0 Å². The Kier molecular flexibility index (Phi) is 5.64. The number of benzene rings is 3. The summed E-state index contributed by atoms with van der Waals surface area (Å²) in [6.07, 6.45) is 0. The SMILES string of the molecule is COP(=O)(OC)C(c1ccccc1)(c1ccccc1)c1ccc(Cl)cc1. The number of halogens is 1. The maximum absolute atomic E-state index is 14.0. The Morgan fingerprint density at radius 1 is 0.692 bits per heavy atom. The molecular weight excluding hydrogens is 367 g/mol. The zero-order chi connectivity index (χ0) is 18.6. The Bertz CT molecular complexity index is 848. The highest BCUT2D eigenvalue weighted by Crippen LogP contribution is 2.69. The third-order valence-corrected chi connectivity index (χ3v) is 7.35. The van der Waals surface area contributed by atoms with E-state index < -0.39 is 12.8 Å². The third kappa shape index (κ3) is 3.02. The molecule has 0 heterocycles. The van der Waals surface area contributed by atoms with E-state index in [1.807, 2.05) is 72.8 Å². The maximum Gasteiger partial charge on any atom is 0.349 e. The average Bonchev–Trinajstić information content (AvgIpc) is 2.71. The quantitative estimate of drug-likeness (QED) is 0.378. The lowest BCUT2D eigenvalue weighted by molar-refractivity contribution is 0.259. The Balaban J connectivity index is 2.47. The molecule has 5 heteroatoms. The molecule has 3 aromatic rings. The molecule has 0 aliphatic rings. The van der Waals surface area contributed by atoms with E-state index in [4.69, 9.17) is 20.6 Å². The van der Waals surface area contributed by atoms with Crippen molar-refractivity contribution in [2.75, 3.05) is 14.2 Å².